The van der Waals surface area contributed by atoms with E-state index >= 15 is 0 Å². The topological polar surface area (TPSA) is 37.3 Å². The highest BCUT2D eigenvalue weighted by molar-refractivity contribution is 9.09. The van der Waals surface area contributed by atoms with Crippen molar-refractivity contribution in [1.29, 1.82) is 0 Å². The second-order valence-electron chi connectivity index (χ2n) is 1.84. The van der Waals surface area contributed by atoms with E-state index in [-0.39, 0.29) is 12.4 Å². The van der Waals surface area contributed by atoms with Crippen LogP contribution in [0.3, 0.4) is 0 Å². The molecule has 0 rings (SSSR count). The van der Waals surface area contributed by atoms with Crippen LogP contribution in [0.25, 0.3) is 0 Å². The Hall–Kier alpha value is 0.110. The van der Waals surface area contributed by atoms with Gasteiger partial charge in [-0.1, -0.05) is 15.9 Å². The van der Waals surface area contributed by atoms with Crippen LogP contribution in [-0.4, -0.2) is 22.8 Å². The summed E-state index contributed by atoms with van der Waals surface area (Å²) in [6, 6.07) is 0. The molecule has 0 aliphatic heterocycles. The lowest BCUT2D eigenvalue weighted by Gasteiger charge is -1.92. The molecule has 54 valence electrons. The second-order valence-corrected chi connectivity index (χ2v) is 2.64. The third-order valence-corrected chi connectivity index (χ3v) is 1.58. The number of ketones is 1. The summed E-state index contributed by atoms with van der Waals surface area (Å²) in [5.41, 5.74) is 0. The first-order valence-electron chi connectivity index (χ1n) is 2.99. The number of Topliss-reactive ketones (excluding diaryl/α,β-unsaturated/α-hetero) is 1. The van der Waals surface area contributed by atoms with Crippen molar-refractivity contribution in [3.8, 4) is 0 Å². The van der Waals surface area contributed by atoms with Gasteiger partial charge in [-0.2, -0.15) is 0 Å². The summed E-state index contributed by atoms with van der Waals surface area (Å²) < 4.78 is 0. The lowest BCUT2D eigenvalue weighted by atomic mass is 10.2. The van der Waals surface area contributed by atoms with Gasteiger partial charge in [-0.15, -0.1) is 0 Å². The third-order valence-electron chi connectivity index (χ3n) is 1.02. The molecule has 0 aliphatic carbocycles. The first-order chi connectivity index (χ1) is 4.31. The zero-order valence-electron chi connectivity index (χ0n) is 5.27. The molecule has 0 aromatic heterocycles. The van der Waals surface area contributed by atoms with E-state index in [1.807, 2.05) is 0 Å². The Morgan fingerprint density at radius 2 is 2.11 bits per heavy atom. The van der Waals surface area contributed by atoms with Crippen LogP contribution in [0.15, 0.2) is 0 Å². The molecule has 0 spiro atoms. The van der Waals surface area contributed by atoms with Gasteiger partial charge in [0.1, 0.15) is 6.61 Å². The number of carbonyl (C=O) groups is 1. The van der Waals surface area contributed by atoms with E-state index in [0.29, 0.717) is 6.42 Å². The van der Waals surface area contributed by atoms with Gasteiger partial charge >= 0.3 is 0 Å². The van der Waals surface area contributed by atoms with Crippen molar-refractivity contribution in [2.24, 2.45) is 0 Å². The molecule has 3 heteroatoms. The average molecular weight is 195 g/mol. The summed E-state index contributed by atoms with van der Waals surface area (Å²) in [6.45, 7) is -0.303. The highest BCUT2D eigenvalue weighted by Gasteiger charge is 1.96. The minimum Gasteiger partial charge on any atom is -0.389 e. The van der Waals surface area contributed by atoms with E-state index in [9.17, 15) is 4.79 Å². The molecule has 0 aliphatic rings. The molecule has 9 heavy (non-hydrogen) atoms. The molecule has 2 nitrogen and oxygen atoms in total. The molecule has 0 saturated heterocycles. The first-order valence-corrected chi connectivity index (χ1v) is 4.12. The maximum absolute atomic E-state index is 10.4. The fraction of sp³-hybridized carbons (Fsp3) is 0.833. The van der Waals surface area contributed by atoms with Crippen molar-refractivity contribution in [3.05, 3.63) is 0 Å². The summed E-state index contributed by atoms with van der Waals surface area (Å²) in [7, 11) is 0. The normalized spacial score (nSPS) is 9.56. The predicted octanol–water partition coefficient (Wildman–Crippen LogP) is 1.11. The number of aliphatic hydroxyl groups excluding tert-OH is 1. The van der Waals surface area contributed by atoms with Crippen LogP contribution in [0.1, 0.15) is 19.3 Å². The Labute approximate surface area is 63.4 Å². The van der Waals surface area contributed by atoms with E-state index in [1.54, 1.807) is 0 Å². The third kappa shape index (κ3) is 5.99. The van der Waals surface area contributed by atoms with E-state index in [2.05, 4.69) is 15.9 Å². The first kappa shape index (κ1) is 9.11. The van der Waals surface area contributed by atoms with Crippen LogP contribution in [-0.2, 0) is 4.79 Å². The molecule has 0 fully saturated rings. The molecule has 0 amide bonds. The number of carbonyl (C=O) groups excluding carboxylic acids is 1. The Balaban J connectivity index is 2.97. The number of hydrogen-bond donors (Lipinski definition) is 1. The molecule has 0 bridgehead atoms. The largest absolute Gasteiger partial charge is 0.389 e. The molecular weight excluding hydrogens is 184 g/mol. The number of hydrogen-bond acceptors (Lipinski definition) is 2. The molecule has 0 unspecified atom stereocenters. The Morgan fingerprint density at radius 1 is 1.44 bits per heavy atom. The van der Waals surface area contributed by atoms with Gasteiger partial charge in [0.2, 0.25) is 0 Å². The standard InChI is InChI=1S/C6H11BrO2/c7-4-2-1-3-6(9)5-8/h8H,1-5H2. The predicted molar refractivity (Wildman–Crippen MR) is 39.7 cm³/mol. The van der Waals surface area contributed by atoms with Crippen LogP contribution in [0.5, 0.6) is 0 Å². The van der Waals surface area contributed by atoms with E-state index < -0.39 is 0 Å². The fourth-order valence-corrected chi connectivity index (χ4v) is 0.892. The molecule has 0 heterocycles. The molecule has 0 saturated carbocycles. The summed E-state index contributed by atoms with van der Waals surface area (Å²) in [4.78, 5) is 10.4. The van der Waals surface area contributed by atoms with Gasteiger partial charge in [-0.3, -0.25) is 4.79 Å². The molecule has 0 aromatic rings. The quantitative estimate of drug-likeness (QED) is 0.527. The van der Waals surface area contributed by atoms with Crippen molar-refractivity contribution in [1.82, 2.24) is 0 Å². The van der Waals surface area contributed by atoms with Crippen LogP contribution in [0, 0.1) is 0 Å². The van der Waals surface area contributed by atoms with Gasteiger partial charge in [-0.05, 0) is 12.8 Å². The lowest BCUT2D eigenvalue weighted by molar-refractivity contribution is -0.121. The highest BCUT2D eigenvalue weighted by Crippen LogP contribution is 1.98. The van der Waals surface area contributed by atoms with Crippen molar-refractivity contribution >= 4 is 21.7 Å². The fourth-order valence-electron chi connectivity index (χ4n) is 0.496. The van der Waals surface area contributed by atoms with Crippen molar-refractivity contribution < 1.29 is 9.90 Å². The number of alkyl halides is 1. The van der Waals surface area contributed by atoms with Crippen molar-refractivity contribution in [2.75, 3.05) is 11.9 Å². The van der Waals surface area contributed by atoms with Gasteiger partial charge in [0.05, 0.1) is 0 Å². The van der Waals surface area contributed by atoms with E-state index in [4.69, 9.17) is 5.11 Å². The van der Waals surface area contributed by atoms with E-state index in [1.165, 1.54) is 0 Å². The zero-order valence-corrected chi connectivity index (χ0v) is 6.85. The summed E-state index contributed by atoms with van der Waals surface area (Å²) in [5, 5.41) is 9.21. The summed E-state index contributed by atoms with van der Waals surface area (Å²) >= 11 is 3.25. The van der Waals surface area contributed by atoms with Gasteiger partial charge in [0.15, 0.2) is 5.78 Å². The highest BCUT2D eigenvalue weighted by atomic mass is 79.9. The van der Waals surface area contributed by atoms with Crippen molar-refractivity contribution in [2.45, 2.75) is 19.3 Å². The van der Waals surface area contributed by atoms with Crippen LogP contribution in [0.4, 0.5) is 0 Å². The monoisotopic (exact) mass is 194 g/mol. The Morgan fingerprint density at radius 3 is 2.56 bits per heavy atom. The van der Waals surface area contributed by atoms with Crippen LogP contribution >= 0.6 is 15.9 Å². The smallest absolute Gasteiger partial charge is 0.158 e. The lowest BCUT2D eigenvalue weighted by Crippen LogP contribution is -2.02. The Bertz CT molecular complexity index is 83.1. The minimum absolute atomic E-state index is 0.0593. The van der Waals surface area contributed by atoms with E-state index in [0.717, 1.165) is 18.2 Å². The zero-order chi connectivity index (χ0) is 7.11. The summed E-state index contributed by atoms with van der Waals surface area (Å²) in [5.74, 6) is -0.0593. The number of aliphatic hydroxyl groups is 1. The number of rotatable bonds is 5. The SMILES string of the molecule is O=C(CO)CCCCBr. The number of halogens is 1. The molecule has 0 aromatic carbocycles. The van der Waals surface area contributed by atoms with Crippen LogP contribution < -0.4 is 0 Å². The van der Waals surface area contributed by atoms with Crippen LogP contribution in [0.2, 0.25) is 0 Å². The molecular formula is C6H11BrO2. The van der Waals surface area contributed by atoms with Gasteiger partial charge in [-0.25, -0.2) is 0 Å². The van der Waals surface area contributed by atoms with Gasteiger partial charge in [0.25, 0.3) is 0 Å². The maximum atomic E-state index is 10.4. The summed E-state index contributed by atoms with van der Waals surface area (Å²) in [6.07, 6.45) is 2.40. The van der Waals surface area contributed by atoms with Crippen molar-refractivity contribution in [3.63, 3.8) is 0 Å². The van der Waals surface area contributed by atoms with Gasteiger partial charge in [0, 0.05) is 11.8 Å². The number of unbranched alkanes of at least 4 members (excludes halogenated alkanes) is 1. The second kappa shape index (κ2) is 6.23. The maximum Gasteiger partial charge on any atom is 0.158 e. The Kier molecular flexibility index (Phi) is 6.31. The average Bonchev–Trinajstić information content (AvgIpc) is 1.89. The molecule has 1 N–H and O–H groups in total. The minimum atomic E-state index is -0.303. The van der Waals surface area contributed by atoms with Gasteiger partial charge < -0.3 is 5.11 Å². The molecule has 0 radical (unpaired) electrons. The molecule has 0 atom stereocenters.